The lowest BCUT2D eigenvalue weighted by Crippen LogP contribution is -2.34. The van der Waals surface area contributed by atoms with E-state index in [0.29, 0.717) is 23.4 Å². The molecule has 2 rings (SSSR count). The van der Waals surface area contributed by atoms with Crippen LogP contribution in [0, 0.1) is 23.1 Å². The Bertz CT molecular complexity index is 467. The van der Waals surface area contributed by atoms with Crippen molar-refractivity contribution < 1.29 is 4.39 Å². The fourth-order valence-electron chi connectivity index (χ4n) is 3.48. The first kappa shape index (κ1) is 15.8. The molecule has 3 heteroatoms. The van der Waals surface area contributed by atoms with Crippen molar-refractivity contribution in [2.75, 3.05) is 6.54 Å². The molecule has 0 aromatic heterocycles. The third-order valence-corrected chi connectivity index (χ3v) is 5.22. The molecule has 1 aliphatic rings. The standard InChI is InChI=1S/C17H25ClFN/c1-17(2,3)12-5-4-11(10-20)14(8-12)15-9-13(19)6-7-16(15)18/h6-7,9,11-12,14H,4-5,8,10,20H2,1-3H3. The van der Waals surface area contributed by atoms with Crippen LogP contribution in [0.2, 0.25) is 5.02 Å². The van der Waals surface area contributed by atoms with Crippen molar-refractivity contribution in [3.8, 4) is 0 Å². The monoisotopic (exact) mass is 297 g/mol. The van der Waals surface area contributed by atoms with E-state index in [-0.39, 0.29) is 17.2 Å². The van der Waals surface area contributed by atoms with Crippen molar-refractivity contribution in [3.63, 3.8) is 0 Å². The van der Waals surface area contributed by atoms with Gasteiger partial charge in [-0.1, -0.05) is 32.4 Å². The first-order valence-electron chi connectivity index (χ1n) is 7.48. The van der Waals surface area contributed by atoms with Crippen LogP contribution in [0.3, 0.4) is 0 Å². The molecule has 0 spiro atoms. The van der Waals surface area contributed by atoms with Gasteiger partial charge in [0, 0.05) is 5.02 Å². The molecule has 0 bridgehead atoms. The fraction of sp³-hybridized carbons (Fsp3) is 0.647. The minimum atomic E-state index is -0.210. The summed E-state index contributed by atoms with van der Waals surface area (Å²) in [6, 6.07) is 4.69. The summed E-state index contributed by atoms with van der Waals surface area (Å²) in [6.07, 6.45) is 3.36. The summed E-state index contributed by atoms with van der Waals surface area (Å²) >= 11 is 6.31. The maximum absolute atomic E-state index is 13.6. The van der Waals surface area contributed by atoms with Crippen molar-refractivity contribution in [1.29, 1.82) is 0 Å². The van der Waals surface area contributed by atoms with E-state index in [0.717, 1.165) is 18.4 Å². The molecule has 1 nitrogen and oxygen atoms in total. The van der Waals surface area contributed by atoms with Crippen LogP contribution in [0.4, 0.5) is 4.39 Å². The topological polar surface area (TPSA) is 26.0 Å². The van der Waals surface area contributed by atoms with Gasteiger partial charge in [0.25, 0.3) is 0 Å². The lowest BCUT2D eigenvalue weighted by molar-refractivity contribution is 0.133. The zero-order valence-corrected chi connectivity index (χ0v) is 13.4. The molecule has 0 heterocycles. The lowest BCUT2D eigenvalue weighted by atomic mass is 9.64. The molecule has 0 amide bonds. The fourth-order valence-corrected chi connectivity index (χ4v) is 3.74. The molecular weight excluding hydrogens is 273 g/mol. The van der Waals surface area contributed by atoms with E-state index < -0.39 is 0 Å². The second-order valence-corrected chi connectivity index (χ2v) is 7.55. The number of benzene rings is 1. The highest BCUT2D eigenvalue weighted by molar-refractivity contribution is 6.31. The normalized spacial score (nSPS) is 27.6. The van der Waals surface area contributed by atoms with Crippen LogP contribution in [-0.2, 0) is 0 Å². The number of halogens is 2. The summed E-state index contributed by atoms with van der Waals surface area (Å²) in [5, 5.41) is 0.671. The molecular formula is C17H25ClFN. The van der Waals surface area contributed by atoms with Gasteiger partial charge in [0.05, 0.1) is 0 Å². The van der Waals surface area contributed by atoms with Crippen LogP contribution in [0.5, 0.6) is 0 Å². The van der Waals surface area contributed by atoms with Crippen molar-refractivity contribution in [1.82, 2.24) is 0 Å². The summed E-state index contributed by atoms with van der Waals surface area (Å²) in [5.74, 6) is 1.11. The largest absolute Gasteiger partial charge is 0.330 e. The summed E-state index contributed by atoms with van der Waals surface area (Å²) in [5.41, 5.74) is 7.15. The second kappa shape index (κ2) is 6.03. The van der Waals surface area contributed by atoms with E-state index in [1.54, 1.807) is 12.1 Å². The molecule has 0 radical (unpaired) electrons. The SMILES string of the molecule is CC(C)(C)C1CCC(CN)C(c2cc(F)ccc2Cl)C1. The van der Waals surface area contributed by atoms with Gasteiger partial charge in [-0.05, 0) is 72.7 Å². The smallest absolute Gasteiger partial charge is 0.123 e. The molecule has 3 unspecified atom stereocenters. The zero-order chi connectivity index (χ0) is 14.9. The molecule has 3 atom stereocenters. The minimum Gasteiger partial charge on any atom is -0.330 e. The molecule has 0 saturated heterocycles. The Kier molecular flexibility index (Phi) is 4.76. The van der Waals surface area contributed by atoms with Crippen LogP contribution in [0.1, 0.15) is 51.5 Å². The van der Waals surface area contributed by atoms with Gasteiger partial charge in [-0.2, -0.15) is 0 Å². The maximum Gasteiger partial charge on any atom is 0.123 e. The van der Waals surface area contributed by atoms with Crippen LogP contribution >= 0.6 is 11.6 Å². The molecule has 0 aliphatic heterocycles. The van der Waals surface area contributed by atoms with Crippen molar-refractivity contribution in [2.24, 2.45) is 23.0 Å². The Labute approximate surface area is 126 Å². The average molecular weight is 298 g/mol. The van der Waals surface area contributed by atoms with Gasteiger partial charge in [0.2, 0.25) is 0 Å². The summed E-state index contributed by atoms with van der Waals surface area (Å²) in [7, 11) is 0. The van der Waals surface area contributed by atoms with Gasteiger partial charge in [0.15, 0.2) is 0 Å². The molecule has 1 aliphatic carbocycles. The average Bonchev–Trinajstić information content (AvgIpc) is 2.40. The quantitative estimate of drug-likeness (QED) is 0.818. The van der Waals surface area contributed by atoms with Crippen LogP contribution in [-0.4, -0.2) is 6.54 Å². The Morgan fingerprint density at radius 1 is 1.30 bits per heavy atom. The van der Waals surface area contributed by atoms with Gasteiger partial charge < -0.3 is 5.73 Å². The lowest BCUT2D eigenvalue weighted by Gasteiger charge is -2.42. The molecule has 20 heavy (non-hydrogen) atoms. The minimum absolute atomic E-state index is 0.210. The van der Waals surface area contributed by atoms with Gasteiger partial charge in [-0.25, -0.2) is 4.39 Å². The Balaban J connectivity index is 2.32. The highest BCUT2D eigenvalue weighted by Crippen LogP contribution is 2.47. The first-order chi connectivity index (χ1) is 9.32. The second-order valence-electron chi connectivity index (χ2n) is 7.14. The van der Waals surface area contributed by atoms with Crippen LogP contribution in [0.25, 0.3) is 0 Å². The van der Waals surface area contributed by atoms with E-state index in [2.05, 4.69) is 20.8 Å². The molecule has 112 valence electrons. The number of hydrogen-bond acceptors (Lipinski definition) is 1. The molecule has 1 aromatic rings. The number of nitrogens with two attached hydrogens (primary N) is 1. The van der Waals surface area contributed by atoms with Gasteiger partial charge in [-0.15, -0.1) is 0 Å². The van der Waals surface area contributed by atoms with E-state index in [1.807, 2.05) is 0 Å². The summed E-state index contributed by atoms with van der Waals surface area (Å²) in [4.78, 5) is 0. The number of rotatable bonds is 2. The van der Waals surface area contributed by atoms with Gasteiger partial charge >= 0.3 is 0 Å². The van der Waals surface area contributed by atoms with E-state index >= 15 is 0 Å². The summed E-state index contributed by atoms with van der Waals surface area (Å²) in [6.45, 7) is 7.49. The maximum atomic E-state index is 13.6. The Morgan fingerprint density at radius 3 is 2.60 bits per heavy atom. The molecule has 2 N–H and O–H groups in total. The van der Waals surface area contributed by atoms with Gasteiger partial charge in [0.1, 0.15) is 5.82 Å². The van der Waals surface area contributed by atoms with Crippen molar-refractivity contribution >= 4 is 11.6 Å². The van der Waals surface area contributed by atoms with Gasteiger partial charge in [-0.3, -0.25) is 0 Å². The summed E-state index contributed by atoms with van der Waals surface area (Å²) < 4.78 is 13.6. The third-order valence-electron chi connectivity index (χ3n) is 4.88. The molecule has 1 aromatic carbocycles. The first-order valence-corrected chi connectivity index (χ1v) is 7.85. The Morgan fingerprint density at radius 2 is 2.00 bits per heavy atom. The highest BCUT2D eigenvalue weighted by Gasteiger charge is 2.36. The highest BCUT2D eigenvalue weighted by atomic mass is 35.5. The van der Waals surface area contributed by atoms with E-state index in [4.69, 9.17) is 17.3 Å². The van der Waals surface area contributed by atoms with Crippen molar-refractivity contribution in [3.05, 3.63) is 34.6 Å². The van der Waals surface area contributed by atoms with E-state index in [1.165, 1.54) is 12.5 Å². The zero-order valence-electron chi connectivity index (χ0n) is 12.6. The van der Waals surface area contributed by atoms with Crippen LogP contribution < -0.4 is 5.73 Å². The predicted molar refractivity (Wildman–Crippen MR) is 83.5 cm³/mol. The predicted octanol–water partition coefficient (Wildman–Crippen LogP) is 4.98. The number of hydrogen-bond donors (Lipinski definition) is 1. The Hall–Kier alpha value is -0.600. The molecule has 1 fully saturated rings. The van der Waals surface area contributed by atoms with E-state index in [9.17, 15) is 4.39 Å². The van der Waals surface area contributed by atoms with Crippen molar-refractivity contribution in [2.45, 2.75) is 46.0 Å². The van der Waals surface area contributed by atoms with Crippen LogP contribution in [0.15, 0.2) is 18.2 Å². The third kappa shape index (κ3) is 3.35. The molecule has 1 saturated carbocycles.